The van der Waals surface area contributed by atoms with Gasteiger partial charge < -0.3 is 19.7 Å². The molecule has 0 radical (unpaired) electrons. The van der Waals surface area contributed by atoms with Crippen LogP contribution in [0, 0.1) is 5.41 Å². The van der Waals surface area contributed by atoms with Gasteiger partial charge in [-0.15, -0.1) is 0 Å². The highest BCUT2D eigenvalue weighted by molar-refractivity contribution is 4.86. The second kappa shape index (κ2) is 8.10. The first-order valence-corrected chi connectivity index (χ1v) is 7.10. The van der Waals surface area contributed by atoms with Crippen LogP contribution in [0.15, 0.2) is 0 Å². The highest BCUT2D eigenvalue weighted by Gasteiger charge is 2.33. The fraction of sp³-hybridized carbons (Fsp3) is 1.00. The summed E-state index contributed by atoms with van der Waals surface area (Å²) in [7, 11) is 4.20. The lowest BCUT2D eigenvalue weighted by Gasteiger charge is -2.39. The van der Waals surface area contributed by atoms with Crippen molar-refractivity contribution in [2.24, 2.45) is 5.41 Å². The Morgan fingerprint density at radius 3 is 2.78 bits per heavy atom. The van der Waals surface area contributed by atoms with E-state index >= 15 is 0 Å². The van der Waals surface area contributed by atoms with Crippen molar-refractivity contribution in [2.45, 2.75) is 32.8 Å². The highest BCUT2D eigenvalue weighted by Crippen LogP contribution is 2.28. The maximum Gasteiger partial charge on any atom is 0.0596 e. The first-order chi connectivity index (χ1) is 8.58. The minimum Gasteiger partial charge on any atom is -0.381 e. The Balaban J connectivity index is 2.35. The van der Waals surface area contributed by atoms with E-state index in [2.05, 4.69) is 31.1 Å². The topological polar surface area (TPSA) is 33.7 Å². The maximum atomic E-state index is 5.68. The molecule has 0 aromatic rings. The summed E-state index contributed by atoms with van der Waals surface area (Å²) in [6, 6.07) is 0. The van der Waals surface area contributed by atoms with Crippen molar-refractivity contribution in [1.29, 1.82) is 0 Å². The number of nitrogens with one attached hydrogen (secondary N) is 1. The smallest absolute Gasteiger partial charge is 0.0596 e. The Labute approximate surface area is 112 Å². The van der Waals surface area contributed by atoms with E-state index in [-0.39, 0.29) is 5.41 Å². The molecule has 0 bridgehead atoms. The zero-order chi connectivity index (χ0) is 13.4. The number of nitrogens with zero attached hydrogens (tertiary/aromatic N) is 1. The molecule has 1 atom stereocenters. The Kier molecular flexibility index (Phi) is 7.15. The predicted molar refractivity (Wildman–Crippen MR) is 75.0 cm³/mol. The van der Waals surface area contributed by atoms with Crippen LogP contribution >= 0.6 is 0 Å². The van der Waals surface area contributed by atoms with Gasteiger partial charge in [-0.05, 0) is 40.8 Å². The largest absolute Gasteiger partial charge is 0.381 e. The Bertz CT molecular complexity index is 210. The van der Waals surface area contributed by atoms with Crippen LogP contribution in [-0.2, 0) is 9.47 Å². The molecule has 0 amide bonds. The molecule has 1 aliphatic heterocycles. The molecule has 1 rings (SSSR count). The minimum absolute atomic E-state index is 0.277. The monoisotopic (exact) mass is 258 g/mol. The van der Waals surface area contributed by atoms with Crippen LogP contribution in [0.5, 0.6) is 0 Å². The first-order valence-electron chi connectivity index (χ1n) is 7.10. The van der Waals surface area contributed by atoms with E-state index in [1.807, 2.05) is 7.05 Å². The molecule has 1 heterocycles. The molecule has 0 saturated carbocycles. The van der Waals surface area contributed by atoms with E-state index in [0.29, 0.717) is 6.10 Å². The van der Waals surface area contributed by atoms with E-state index in [1.54, 1.807) is 0 Å². The molecular weight excluding hydrogens is 228 g/mol. The standard InChI is InChI=1S/C14H30N2O2/c1-13(2)18-9-7-16(4)11-14(10-15-3)6-5-8-17-12-14/h13,15H,5-12H2,1-4H3. The summed E-state index contributed by atoms with van der Waals surface area (Å²) in [5.74, 6) is 0. The van der Waals surface area contributed by atoms with Gasteiger partial charge in [-0.2, -0.15) is 0 Å². The normalized spacial score (nSPS) is 25.0. The highest BCUT2D eigenvalue weighted by atomic mass is 16.5. The summed E-state index contributed by atoms with van der Waals surface area (Å²) in [5, 5.41) is 3.32. The summed E-state index contributed by atoms with van der Waals surface area (Å²) >= 11 is 0. The molecule has 0 spiro atoms. The molecule has 1 N–H and O–H groups in total. The Hall–Kier alpha value is -0.160. The van der Waals surface area contributed by atoms with Gasteiger partial charge in [0.1, 0.15) is 0 Å². The molecule has 1 fully saturated rings. The number of rotatable bonds is 8. The van der Waals surface area contributed by atoms with Crippen LogP contribution in [0.4, 0.5) is 0 Å². The zero-order valence-corrected chi connectivity index (χ0v) is 12.5. The van der Waals surface area contributed by atoms with Gasteiger partial charge in [0, 0.05) is 31.7 Å². The Morgan fingerprint density at radius 2 is 2.22 bits per heavy atom. The van der Waals surface area contributed by atoms with Gasteiger partial charge in [0.25, 0.3) is 0 Å². The average molecular weight is 258 g/mol. The lowest BCUT2D eigenvalue weighted by atomic mass is 9.82. The fourth-order valence-corrected chi connectivity index (χ4v) is 2.70. The molecule has 0 aliphatic carbocycles. The third-order valence-electron chi connectivity index (χ3n) is 3.49. The second-order valence-corrected chi connectivity index (χ2v) is 5.84. The second-order valence-electron chi connectivity index (χ2n) is 5.84. The van der Waals surface area contributed by atoms with Gasteiger partial charge >= 0.3 is 0 Å². The van der Waals surface area contributed by atoms with Crippen molar-refractivity contribution in [3.8, 4) is 0 Å². The van der Waals surface area contributed by atoms with Gasteiger partial charge in [-0.3, -0.25) is 0 Å². The van der Waals surface area contributed by atoms with Crippen LogP contribution in [0.2, 0.25) is 0 Å². The lowest BCUT2D eigenvalue weighted by Crippen LogP contribution is -2.48. The lowest BCUT2D eigenvalue weighted by molar-refractivity contribution is -0.0267. The molecule has 1 saturated heterocycles. The first kappa shape index (κ1) is 15.9. The van der Waals surface area contributed by atoms with Gasteiger partial charge in [-0.25, -0.2) is 0 Å². The van der Waals surface area contributed by atoms with Crippen molar-refractivity contribution in [2.75, 3.05) is 53.6 Å². The van der Waals surface area contributed by atoms with Crippen LogP contribution in [-0.4, -0.2) is 64.6 Å². The quantitative estimate of drug-likeness (QED) is 0.713. The van der Waals surface area contributed by atoms with Crippen LogP contribution in [0.1, 0.15) is 26.7 Å². The number of likely N-dealkylation sites (N-methyl/N-ethyl adjacent to an activating group) is 1. The molecule has 0 aromatic carbocycles. The van der Waals surface area contributed by atoms with E-state index in [0.717, 1.165) is 39.5 Å². The number of hydrogen-bond donors (Lipinski definition) is 1. The van der Waals surface area contributed by atoms with Gasteiger partial charge in [0.05, 0.1) is 19.3 Å². The van der Waals surface area contributed by atoms with E-state index in [1.165, 1.54) is 12.8 Å². The summed E-state index contributed by atoms with van der Waals surface area (Å²) in [6.07, 6.45) is 2.75. The van der Waals surface area contributed by atoms with Crippen LogP contribution < -0.4 is 5.32 Å². The molecule has 4 nitrogen and oxygen atoms in total. The van der Waals surface area contributed by atoms with E-state index < -0.39 is 0 Å². The third-order valence-corrected chi connectivity index (χ3v) is 3.49. The molecule has 1 aliphatic rings. The molecular formula is C14H30N2O2. The van der Waals surface area contributed by atoms with Crippen molar-refractivity contribution < 1.29 is 9.47 Å². The molecule has 108 valence electrons. The summed E-state index contributed by atoms with van der Waals surface area (Å²) in [4.78, 5) is 2.37. The van der Waals surface area contributed by atoms with E-state index in [4.69, 9.17) is 9.47 Å². The summed E-state index contributed by atoms with van der Waals surface area (Å²) in [6.45, 7) is 9.87. The average Bonchev–Trinajstić information content (AvgIpc) is 2.29. The molecule has 0 aromatic heterocycles. The van der Waals surface area contributed by atoms with Gasteiger partial charge in [-0.1, -0.05) is 0 Å². The SMILES string of the molecule is CNCC1(CN(C)CCOC(C)C)CCCOC1. The number of ether oxygens (including phenoxy) is 2. The fourth-order valence-electron chi connectivity index (χ4n) is 2.70. The van der Waals surface area contributed by atoms with Crippen molar-refractivity contribution in [3.63, 3.8) is 0 Å². The minimum atomic E-state index is 0.277. The molecule has 18 heavy (non-hydrogen) atoms. The van der Waals surface area contributed by atoms with Gasteiger partial charge in [0.15, 0.2) is 0 Å². The van der Waals surface area contributed by atoms with Crippen molar-refractivity contribution in [3.05, 3.63) is 0 Å². The maximum absolute atomic E-state index is 5.68. The third kappa shape index (κ3) is 5.65. The van der Waals surface area contributed by atoms with E-state index in [9.17, 15) is 0 Å². The van der Waals surface area contributed by atoms with Crippen molar-refractivity contribution in [1.82, 2.24) is 10.2 Å². The summed E-state index contributed by atoms with van der Waals surface area (Å²) in [5.41, 5.74) is 0.277. The summed E-state index contributed by atoms with van der Waals surface area (Å²) < 4.78 is 11.3. The Morgan fingerprint density at radius 1 is 1.44 bits per heavy atom. The molecule has 4 heteroatoms. The molecule has 1 unspecified atom stereocenters. The van der Waals surface area contributed by atoms with Gasteiger partial charge in [0.2, 0.25) is 0 Å². The van der Waals surface area contributed by atoms with Crippen LogP contribution in [0.3, 0.4) is 0 Å². The zero-order valence-electron chi connectivity index (χ0n) is 12.5. The number of hydrogen-bond acceptors (Lipinski definition) is 4. The van der Waals surface area contributed by atoms with Crippen molar-refractivity contribution >= 4 is 0 Å². The van der Waals surface area contributed by atoms with Crippen LogP contribution in [0.25, 0.3) is 0 Å². The predicted octanol–water partition coefficient (Wildman–Crippen LogP) is 1.36.